The molecule has 3 aliphatic rings. The molecule has 2 saturated carbocycles. The fourth-order valence-corrected chi connectivity index (χ4v) is 6.31. The van der Waals surface area contributed by atoms with Gasteiger partial charge in [0, 0.05) is 17.0 Å². The van der Waals surface area contributed by atoms with Gasteiger partial charge in [-0.15, -0.1) is 0 Å². The van der Waals surface area contributed by atoms with Gasteiger partial charge in [-0.1, -0.05) is 46.3 Å². The minimum atomic E-state index is -1.26. The number of rotatable bonds is 3. The number of carbonyl (C=O) groups is 2. The zero-order valence-corrected chi connectivity index (χ0v) is 18.3. The third-order valence-corrected chi connectivity index (χ3v) is 8.47. The molecule has 0 bridgehead atoms. The second-order valence-electron chi connectivity index (χ2n) is 10.5. The topological polar surface area (TPSA) is 80.4 Å². The molecule has 162 valence electrons. The molecule has 0 aliphatic heterocycles. The monoisotopic (exact) mass is 413 g/mol. The summed E-state index contributed by atoms with van der Waals surface area (Å²) in [5.74, 6) is -1.75. The number of carboxylic acids is 1. The maximum atomic E-state index is 15.3. The van der Waals surface area contributed by atoms with E-state index in [1.807, 2.05) is 26.8 Å². The summed E-state index contributed by atoms with van der Waals surface area (Å²) in [7, 11) is 0. The first-order valence-electron chi connectivity index (χ1n) is 11.1. The first kappa shape index (κ1) is 21.2. The van der Waals surface area contributed by atoms with Crippen molar-refractivity contribution >= 4 is 11.8 Å². The van der Waals surface area contributed by atoms with Crippen LogP contribution in [-0.2, 0) is 10.2 Å². The Morgan fingerprint density at radius 2 is 2.00 bits per heavy atom. The summed E-state index contributed by atoms with van der Waals surface area (Å²) < 4.78 is 15.3. The van der Waals surface area contributed by atoms with Gasteiger partial charge in [0.2, 0.25) is 0 Å². The molecule has 5 heteroatoms. The number of hydrogen-bond acceptors (Lipinski definition) is 3. The molecule has 1 aromatic rings. The Bertz CT molecular complexity index is 952. The third kappa shape index (κ3) is 3.05. The summed E-state index contributed by atoms with van der Waals surface area (Å²) in [5.41, 5.74) is 7.24. The van der Waals surface area contributed by atoms with Gasteiger partial charge in [-0.3, -0.25) is 4.79 Å². The lowest BCUT2D eigenvalue weighted by molar-refractivity contribution is -0.132. The summed E-state index contributed by atoms with van der Waals surface area (Å²) >= 11 is 0. The van der Waals surface area contributed by atoms with E-state index in [0.717, 1.165) is 37.7 Å². The van der Waals surface area contributed by atoms with E-state index in [-0.39, 0.29) is 34.4 Å². The maximum Gasteiger partial charge on any atom is 0.339 e. The molecule has 0 radical (unpaired) electrons. The van der Waals surface area contributed by atoms with Crippen molar-refractivity contribution in [2.24, 2.45) is 23.0 Å². The van der Waals surface area contributed by atoms with Gasteiger partial charge in [0.1, 0.15) is 11.4 Å². The highest BCUT2D eigenvalue weighted by molar-refractivity contribution is 6.25. The number of Topliss-reactive ketones (excluding diaryl/α,β-unsaturated/α-hetero) is 1. The Labute approximate surface area is 177 Å². The standard InChI is InChI=1S/C25H32FNO3/c1-13(2)25(4)12-17(23(29)30)22(28)16-10-20(26)15(9-18(16)25)14-8-19-21(27)6-5-7-24(19,3)11-14/h9-10,12-14,19,21H,5-8,11,27H2,1-4H3,(H,29,30)/t14?,19?,21-,24-,25?/m1/s1. The minimum Gasteiger partial charge on any atom is -0.478 e. The second-order valence-corrected chi connectivity index (χ2v) is 10.5. The minimum absolute atomic E-state index is 0.0501. The Kier molecular flexibility index (Phi) is 4.96. The van der Waals surface area contributed by atoms with Crippen molar-refractivity contribution in [1.82, 2.24) is 0 Å². The van der Waals surface area contributed by atoms with Crippen LogP contribution in [0, 0.1) is 23.1 Å². The molecule has 3 aliphatic carbocycles. The van der Waals surface area contributed by atoms with E-state index in [0.29, 0.717) is 11.5 Å². The fourth-order valence-electron chi connectivity index (χ4n) is 6.31. The number of carbonyl (C=O) groups excluding carboxylic acids is 1. The van der Waals surface area contributed by atoms with Gasteiger partial charge >= 0.3 is 5.97 Å². The Balaban J connectivity index is 1.81. The normalized spacial score (nSPS) is 35.8. The van der Waals surface area contributed by atoms with Gasteiger partial charge in [0.25, 0.3) is 0 Å². The van der Waals surface area contributed by atoms with Crippen LogP contribution in [0.1, 0.15) is 87.2 Å². The van der Waals surface area contributed by atoms with Crippen LogP contribution in [0.3, 0.4) is 0 Å². The fraction of sp³-hybridized carbons (Fsp3) is 0.600. The molecule has 0 amide bonds. The van der Waals surface area contributed by atoms with Crippen molar-refractivity contribution in [1.29, 1.82) is 0 Å². The molecule has 0 heterocycles. The summed E-state index contributed by atoms with van der Waals surface area (Å²) in [6.45, 7) is 8.24. The van der Waals surface area contributed by atoms with Crippen LogP contribution in [0.15, 0.2) is 23.8 Å². The van der Waals surface area contributed by atoms with Crippen molar-refractivity contribution in [3.05, 3.63) is 46.3 Å². The summed E-state index contributed by atoms with van der Waals surface area (Å²) in [5, 5.41) is 9.52. The number of fused-ring (bicyclic) bond motifs is 2. The predicted octanol–water partition coefficient (Wildman–Crippen LogP) is 4.96. The smallest absolute Gasteiger partial charge is 0.339 e. The zero-order valence-electron chi connectivity index (χ0n) is 18.3. The van der Waals surface area contributed by atoms with Gasteiger partial charge in [-0.05, 0) is 66.0 Å². The van der Waals surface area contributed by atoms with Gasteiger partial charge in [-0.25, -0.2) is 9.18 Å². The van der Waals surface area contributed by atoms with E-state index in [4.69, 9.17) is 5.73 Å². The van der Waals surface area contributed by atoms with Crippen molar-refractivity contribution in [2.75, 3.05) is 0 Å². The molecule has 0 spiro atoms. The highest BCUT2D eigenvalue weighted by atomic mass is 19.1. The molecule has 3 unspecified atom stereocenters. The van der Waals surface area contributed by atoms with E-state index >= 15 is 4.39 Å². The number of halogens is 1. The average Bonchev–Trinajstić information content (AvgIpc) is 3.02. The van der Waals surface area contributed by atoms with Crippen LogP contribution in [0.2, 0.25) is 0 Å². The first-order chi connectivity index (χ1) is 14.0. The molecular weight excluding hydrogens is 381 g/mol. The molecule has 3 N–H and O–H groups in total. The van der Waals surface area contributed by atoms with Crippen molar-refractivity contribution in [2.45, 2.75) is 77.2 Å². The van der Waals surface area contributed by atoms with Crippen molar-refractivity contribution in [3.63, 3.8) is 0 Å². The quantitative estimate of drug-likeness (QED) is 0.687. The van der Waals surface area contributed by atoms with Crippen LogP contribution in [0.25, 0.3) is 0 Å². The van der Waals surface area contributed by atoms with Crippen LogP contribution < -0.4 is 5.73 Å². The molecule has 30 heavy (non-hydrogen) atoms. The molecule has 1 aromatic carbocycles. The van der Waals surface area contributed by atoms with Crippen molar-refractivity contribution < 1.29 is 19.1 Å². The molecule has 4 rings (SSSR count). The SMILES string of the molecule is CC(C)C1(C)C=C(C(=O)O)C(=O)c2cc(F)c(C3CC4[C@H](N)CCC[C@]4(C)C3)cc21. The first-order valence-corrected chi connectivity index (χ1v) is 11.1. The molecule has 5 atom stereocenters. The van der Waals surface area contributed by atoms with Crippen LogP contribution in [-0.4, -0.2) is 22.9 Å². The van der Waals surface area contributed by atoms with Crippen LogP contribution in [0.4, 0.5) is 4.39 Å². The molecule has 0 saturated heterocycles. The lowest BCUT2D eigenvalue weighted by Gasteiger charge is -2.40. The van der Waals surface area contributed by atoms with Crippen LogP contribution >= 0.6 is 0 Å². The zero-order chi connectivity index (χ0) is 22.0. The van der Waals surface area contributed by atoms with E-state index in [1.165, 1.54) is 6.07 Å². The van der Waals surface area contributed by atoms with E-state index < -0.39 is 23.0 Å². The molecular formula is C25H32FNO3. The number of allylic oxidation sites excluding steroid dienone is 1. The number of aliphatic carboxylic acids is 1. The van der Waals surface area contributed by atoms with E-state index in [2.05, 4.69) is 6.92 Å². The number of nitrogens with two attached hydrogens (primary N) is 1. The van der Waals surface area contributed by atoms with E-state index in [1.54, 1.807) is 6.08 Å². The number of benzene rings is 1. The highest BCUT2D eigenvalue weighted by Gasteiger charge is 2.49. The lowest BCUT2D eigenvalue weighted by atomic mass is 9.66. The Hall–Kier alpha value is -2.01. The Morgan fingerprint density at radius 3 is 2.60 bits per heavy atom. The molecule has 4 nitrogen and oxygen atoms in total. The Morgan fingerprint density at radius 1 is 1.30 bits per heavy atom. The average molecular weight is 414 g/mol. The summed E-state index contributed by atoms with van der Waals surface area (Å²) in [4.78, 5) is 24.5. The predicted molar refractivity (Wildman–Crippen MR) is 114 cm³/mol. The van der Waals surface area contributed by atoms with Gasteiger partial charge in [0.05, 0.1) is 0 Å². The number of carboxylic acid groups (broad SMARTS) is 1. The molecule has 2 fully saturated rings. The third-order valence-electron chi connectivity index (χ3n) is 8.47. The lowest BCUT2D eigenvalue weighted by Crippen LogP contribution is -2.41. The van der Waals surface area contributed by atoms with Gasteiger partial charge in [0.15, 0.2) is 5.78 Å². The summed E-state index contributed by atoms with van der Waals surface area (Å²) in [6.07, 6.45) is 6.62. The van der Waals surface area contributed by atoms with Crippen molar-refractivity contribution in [3.8, 4) is 0 Å². The second kappa shape index (κ2) is 7.01. The number of ketones is 1. The summed E-state index contributed by atoms with van der Waals surface area (Å²) in [6, 6.07) is 3.31. The highest BCUT2D eigenvalue weighted by Crippen LogP contribution is 2.57. The maximum absolute atomic E-state index is 15.3. The molecule has 0 aromatic heterocycles. The number of hydrogen-bond donors (Lipinski definition) is 2. The van der Waals surface area contributed by atoms with Crippen LogP contribution in [0.5, 0.6) is 0 Å². The largest absolute Gasteiger partial charge is 0.478 e. The van der Waals surface area contributed by atoms with Gasteiger partial charge < -0.3 is 10.8 Å². The van der Waals surface area contributed by atoms with E-state index in [9.17, 15) is 14.7 Å². The van der Waals surface area contributed by atoms with Gasteiger partial charge in [-0.2, -0.15) is 0 Å².